The highest BCUT2D eigenvalue weighted by atomic mass is 35.5. The van der Waals surface area contributed by atoms with Crippen LogP contribution >= 0.6 is 11.6 Å². The Labute approximate surface area is 164 Å². The highest BCUT2D eigenvalue weighted by molar-refractivity contribution is 6.31. The molecule has 27 heavy (non-hydrogen) atoms. The third kappa shape index (κ3) is 4.16. The first-order chi connectivity index (χ1) is 12.9. The van der Waals surface area contributed by atoms with Crippen LogP contribution in [0.15, 0.2) is 18.2 Å². The lowest BCUT2D eigenvalue weighted by Gasteiger charge is -2.17. The number of halogens is 1. The van der Waals surface area contributed by atoms with E-state index in [-0.39, 0.29) is 23.7 Å². The monoisotopic (exact) mass is 388 g/mol. The van der Waals surface area contributed by atoms with Gasteiger partial charge in [0.2, 0.25) is 0 Å². The highest BCUT2D eigenvalue weighted by Gasteiger charge is 2.28. The van der Waals surface area contributed by atoms with Gasteiger partial charge in [0.05, 0.1) is 5.69 Å². The fourth-order valence-electron chi connectivity index (χ4n) is 3.20. The second kappa shape index (κ2) is 8.13. The number of benzene rings is 1. The minimum absolute atomic E-state index is 0.0600. The zero-order valence-corrected chi connectivity index (χ0v) is 16.7. The SMILES string of the molecule is CCC(C)NC(=O)c1nc(C(=O)Nc2cc(Cl)ccc2C)n2c1CCCC2. The van der Waals surface area contributed by atoms with E-state index in [1.165, 1.54) is 0 Å². The van der Waals surface area contributed by atoms with Gasteiger partial charge in [-0.3, -0.25) is 9.59 Å². The summed E-state index contributed by atoms with van der Waals surface area (Å²) in [5, 5.41) is 6.38. The predicted molar refractivity (Wildman–Crippen MR) is 107 cm³/mol. The van der Waals surface area contributed by atoms with Gasteiger partial charge in [0.25, 0.3) is 11.8 Å². The summed E-state index contributed by atoms with van der Waals surface area (Å²) in [6.45, 7) is 6.56. The molecule has 1 aromatic heterocycles. The first kappa shape index (κ1) is 19.4. The molecule has 6 nitrogen and oxygen atoms in total. The lowest BCUT2D eigenvalue weighted by molar-refractivity contribution is 0.0933. The molecule has 1 unspecified atom stereocenters. The van der Waals surface area contributed by atoms with Crippen LogP contribution in [0.4, 0.5) is 5.69 Å². The van der Waals surface area contributed by atoms with Crippen molar-refractivity contribution in [1.29, 1.82) is 0 Å². The molecule has 7 heteroatoms. The Bertz CT molecular complexity index is 875. The standard InChI is InChI=1S/C20H25ClN4O2/c1-4-13(3)22-19(26)17-16-7-5-6-10-25(16)18(24-17)20(27)23-15-11-14(21)9-8-12(15)2/h8-9,11,13H,4-7,10H2,1-3H3,(H,22,26)(H,23,27). The van der Waals surface area contributed by atoms with Crippen LogP contribution < -0.4 is 10.6 Å². The predicted octanol–water partition coefficient (Wildman–Crippen LogP) is 3.96. The number of imidazole rings is 1. The molecule has 2 aromatic rings. The van der Waals surface area contributed by atoms with Crippen LogP contribution in [0.3, 0.4) is 0 Å². The molecule has 0 fully saturated rings. The quantitative estimate of drug-likeness (QED) is 0.813. The number of aromatic nitrogens is 2. The molecule has 2 heterocycles. The van der Waals surface area contributed by atoms with Crippen LogP contribution in [-0.4, -0.2) is 27.4 Å². The Hall–Kier alpha value is -2.34. The summed E-state index contributed by atoms with van der Waals surface area (Å²) in [5.74, 6) is -0.266. The van der Waals surface area contributed by atoms with E-state index in [0.29, 0.717) is 22.9 Å². The number of fused-ring (bicyclic) bond motifs is 1. The number of nitrogens with one attached hydrogen (secondary N) is 2. The largest absolute Gasteiger partial charge is 0.348 e. The van der Waals surface area contributed by atoms with E-state index in [1.807, 2.05) is 31.4 Å². The van der Waals surface area contributed by atoms with Gasteiger partial charge < -0.3 is 15.2 Å². The molecule has 1 aliphatic rings. The lowest BCUT2D eigenvalue weighted by atomic mass is 10.1. The molecule has 1 aliphatic heterocycles. The van der Waals surface area contributed by atoms with Gasteiger partial charge in [0.15, 0.2) is 5.82 Å². The Morgan fingerprint density at radius 3 is 2.81 bits per heavy atom. The van der Waals surface area contributed by atoms with E-state index in [0.717, 1.165) is 36.9 Å². The van der Waals surface area contributed by atoms with E-state index < -0.39 is 0 Å². The molecule has 1 atom stereocenters. The van der Waals surface area contributed by atoms with Crippen LogP contribution in [0.25, 0.3) is 0 Å². The molecule has 0 bridgehead atoms. The maximum absolute atomic E-state index is 12.9. The van der Waals surface area contributed by atoms with Crippen LogP contribution in [0.2, 0.25) is 5.02 Å². The first-order valence-corrected chi connectivity index (χ1v) is 9.76. The average molecular weight is 389 g/mol. The lowest BCUT2D eigenvalue weighted by Crippen LogP contribution is -2.33. The second-order valence-electron chi connectivity index (χ2n) is 7.04. The molecule has 2 amide bonds. The Kier molecular flexibility index (Phi) is 5.85. The number of hydrogen-bond donors (Lipinski definition) is 2. The van der Waals surface area contributed by atoms with Crippen molar-refractivity contribution in [2.24, 2.45) is 0 Å². The summed E-state index contributed by atoms with van der Waals surface area (Å²) in [6.07, 6.45) is 3.54. The van der Waals surface area contributed by atoms with Gasteiger partial charge in [-0.1, -0.05) is 24.6 Å². The Morgan fingerprint density at radius 1 is 1.30 bits per heavy atom. The van der Waals surface area contributed by atoms with E-state index in [9.17, 15) is 9.59 Å². The molecule has 0 aliphatic carbocycles. The topological polar surface area (TPSA) is 76.0 Å². The van der Waals surface area contributed by atoms with Crippen molar-refractivity contribution in [3.8, 4) is 0 Å². The number of rotatable bonds is 5. The average Bonchev–Trinajstić information content (AvgIpc) is 3.04. The number of anilines is 1. The second-order valence-corrected chi connectivity index (χ2v) is 7.47. The van der Waals surface area contributed by atoms with Crippen molar-refractivity contribution in [3.63, 3.8) is 0 Å². The van der Waals surface area contributed by atoms with Gasteiger partial charge in [-0.2, -0.15) is 0 Å². The van der Waals surface area contributed by atoms with Gasteiger partial charge in [-0.15, -0.1) is 0 Å². The van der Waals surface area contributed by atoms with Crippen molar-refractivity contribution in [2.45, 2.75) is 59.0 Å². The van der Waals surface area contributed by atoms with Crippen molar-refractivity contribution in [3.05, 3.63) is 46.0 Å². The molecular formula is C20H25ClN4O2. The van der Waals surface area contributed by atoms with Gasteiger partial charge in [0, 0.05) is 23.3 Å². The van der Waals surface area contributed by atoms with Crippen LogP contribution in [0, 0.1) is 6.92 Å². The number of carbonyl (C=O) groups is 2. The van der Waals surface area contributed by atoms with Crippen LogP contribution in [-0.2, 0) is 13.0 Å². The summed E-state index contributed by atoms with van der Waals surface area (Å²) in [7, 11) is 0. The summed E-state index contributed by atoms with van der Waals surface area (Å²) in [4.78, 5) is 30.0. The minimum Gasteiger partial charge on any atom is -0.348 e. The van der Waals surface area contributed by atoms with Crippen LogP contribution in [0.1, 0.15) is 65.5 Å². The Morgan fingerprint density at radius 2 is 2.07 bits per heavy atom. The molecule has 0 saturated carbocycles. The first-order valence-electron chi connectivity index (χ1n) is 9.38. The molecule has 144 valence electrons. The highest BCUT2D eigenvalue weighted by Crippen LogP contribution is 2.24. The van der Waals surface area contributed by atoms with E-state index >= 15 is 0 Å². The van der Waals surface area contributed by atoms with E-state index in [1.54, 1.807) is 12.1 Å². The van der Waals surface area contributed by atoms with Crippen molar-refractivity contribution in [1.82, 2.24) is 14.9 Å². The number of amides is 2. The minimum atomic E-state index is -0.328. The summed E-state index contributed by atoms with van der Waals surface area (Å²) < 4.78 is 1.88. The van der Waals surface area contributed by atoms with Gasteiger partial charge in [-0.05, 0) is 57.2 Å². The third-order valence-corrected chi connectivity index (χ3v) is 5.21. The van der Waals surface area contributed by atoms with Gasteiger partial charge >= 0.3 is 0 Å². The van der Waals surface area contributed by atoms with Gasteiger partial charge in [-0.25, -0.2) is 4.98 Å². The van der Waals surface area contributed by atoms with Crippen molar-refractivity contribution in [2.75, 3.05) is 5.32 Å². The maximum atomic E-state index is 12.9. The van der Waals surface area contributed by atoms with E-state index in [2.05, 4.69) is 15.6 Å². The van der Waals surface area contributed by atoms with Gasteiger partial charge in [0.1, 0.15) is 5.69 Å². The summed E-state index contributed by atoms with van der Waals surface area (Å²) in [5.41, 5.74) is 2.76. The molecular weight excluding hydrogens is 364 g/mol. The zero-order chi connectivity index (χ0) is 19.6. The fourth-order valence-corrected chi connectivity index (χ4v) is 3.37. The van der Waals surface area contributed by atoms with Crippen LogP contribution in [0.5, 0.6) is 0 Å². The van der Waals surface area contributed by atoms with Crippen molar-refractivity contribution >= 4 is 29.1 Å². The number of nitrogens with zero attached hydrogens (tertiary/aromatic N) is 2. The summed E-state index contributed by atoms with van der Waals surface area (Å²) >= 11 is 6.04. The molecule has 3 rings (SSSR count). The molecule has 1 aromatic carbocycles. The maximum Gasteiger partial charge on any atom is 0.291 e. The molecule has 0 saturated heterocycles. The third-order valence-electron chi connectivity index (χ3n) is 4.97. The fraction of sp³-hybridized carbons (Fsp3) is 0.450. The molecule has 2 N–H and O–H groups in total. The smallest absolute Gasteiger partial charge is 0.291 e. The number of hydrogen-bond acceptors (Lipinski definition) is 3. The zero-order valence-electron chi connectivity index (χ0n) is 15.9. The van der Waals surface area contributed by atoms with Crippen molar-refractivity contribution < 1.29 is 9.59 Å². The molecule has 0 spiro atoms. The molecule has 0 radical (unpaired) electrons. The summed E-state index contributed by atoms with van der Waals surface area (Å²) in [6, 6.07) is 5.40. The van der Waals surface area contributed by atoms with E-state index in [4.69, 9.17) is 11.6 Å². The Balaban J connectivity index is 1.92. The normalized spacial score (nSPS) is 14.4. The number of carbonyl (C=O) groups excluding carboxylic acids is 2. The number of aryl methyl sites for hydroxylation is 1.